The molecule has 0 aliphatic carbocycles. The fourth-order valence-corrected chi connectivity index (χ4v) is 8.68. The van der Waals surface area contributed by atoms with Crippen molar-refractivity contribution < 1.29 is 9.59 Å². The molecule has 2 aliphatic rings. The van der Waals surface area contributed by atoms with Gasteiger partial charge in [0.05, 0.1) is 38.1 Å². The summed E-state index contributed by atoms with van der Waals surface area (Å²) in [6.07, 6.45) is 14.0. The Morgan fingerprint density at radius 3 is 1.29 bits per heavy atom. The van der Waals surface area contributed by atoms with Gasteiger partial charge in [0.15, 0.2) is 0 Å². The van der Waals surface area contributed by atoms with Crippen LogP contribution in [0.4, 0.5) is 0 Å². The summed E-state index contributed by atoms with van der Waals surface area (Å²) in [7, 11) is 0. The van der Waals surface area contributed by atoms with Crippen molar-refractivity contribution >= 4 is 91.1 Å². The van der Waals surface area contributed by atoms with Gasteiger partial charge in [0, 0.05) is 13.1 Å². The van der Waals surface area contributed by atoms with Gasteiger partial charge in [-0.25, -0.2) is 0 Å². The molecule has 206 valence electrons. The lowest BCUT2D eigenvalue weighted by Gasteiger charge is -2.24. The maximum Gasteiger partial charge on any atom is 0.261 e. The summed E-state index contributed by atoms with van der Waals surface area (Å²) in [4.78, 5) is 34.1. The summed E-state index contributed by atoms with van der Waals surface area (Å²) in [5, 5.41) is 0. The molecule has 4 heterocycles. The number of carbonyl (C=O) groups is 2. The summed E-state index contributed by atoms with van der Waals surface area (Å²) in [5.74, 6) is 0.00772. The van der Waals surface area contributed by atoms with Gasteiger partial charge in [-0.2, -0.15) is 0 Å². The zero-order chi connectivity index (χ0) is 27.1. The highest BCUT2D eigenvalue weighted by Crippen LogP contribution is 2.48. The molecule has 0 radical (unpaired) electrons. The van der Waals surface area contributed by atoms with Crippen molar-refractivity contribution in [1.29, 1.82) is 0 Å². The molecule has 0 unspecified atom stereocenters. The number of unbranched alkanes of at least 4 members (excludes halogenated alkanes) is 10. The number of rotatable bonds is 16. The molecule has 2 amide bonds. The Morgan fingerprint density at radius 1 is 0.579 bits per heavy atom. The Bertz CT molecular complexity index is 1100. The normalized spacial score (nSPS) is 15.6. The first kappa shape index (κ1) is 30.2. The van der Waals surface area contributed by atoms with Gasteiger partial charge >= 0.3 is 0 Å². The van der Waals surface area contributed by atoms with E-state index in [9.17, 15) is 9.59 Å². The van der Waals surface area contributed by atoms with Crippen LogP contribution in [0, 0.1) is 5.77 Å². The molecule has 0 saturated carbocycles. The average Bonchev–Trinajstić information content (AvgIpc) is 3.65. The first-order chi connectivity index (χ1) is 18.5. The molecule has 38 heavy (non-hydrogen) atoms. The smallest absolute Gasteiger partial charge is 0.261 e. The third kappa shape index (κ3) is 6.94. The van der Waals surface area contributed by atoms with Gasteiger partial charge in [-0.05, 0) is 82.3 Å². The monoisotopic (exact) mass is 776 g/mol. The van der Waals surface area contributed by atoms with Crippen LogP contribution in [-0.4, -0.2) is 34.7 Å². The number of carbonyl (C=O) groups excluding carboxylic acids is 2. The lowest BCUT2D eigenvalue weighted by molar-refractivity contribution is -0.124. The van der Waals surface area contributed by atoms with Crippen LogP contribution in [0.3, 0.4) is 0 Å². The molecule has 0 saturated heterocycles. The summed E-state index contributed by atoms with van der Waals surface area (Å²) in [6.45, 7) is 5.80. The number of nitrogens with zero attached hydrogens (tertiary/aromatic N) is 2. The summed E-state index contributed by atoms with van der Waals surface area (Å²) in [6, 6.07) is 8.33. The van der Waals surface area contributed by atoms with Crippen LogP contribution in [0.15, 0.2) is 35.4 Å². The standard InChI is InChI=1S/C30H38I2N2O2S2/c1-3-5-7-9-11-13-19-33-27(21-15-17-23(31)37-21)25-26(29(33)35)28(22-16-18-24(32)38-22)34(30(25)36)20-14-12-10-8-6-4-2/h15-18H,3-14,19-20H2,1-2H3. The zero-order valence-electron chi connectivity index (χ0n) is 22.5. The second-order valence-electron chi connectivity index (χ2n) is 10.1. The molecule has 0 aromatic carbocycles. The number of thiophene rings is 2. The summed E-state index contributed by atoms with van der Waals surface area (Å²) in [5.41, 5.74) is 2.93. The quantitative estimate of drug-likeness (QED) is 0.126. The van der Waals surface area contributed by atoms with Crippen molar-refractivity contribution in [1.82, 2.24) is 9.80 Å². The van der Waals surface area contributed by atoms with Gasteiger partial charge in [-0.1, -0.05) is 78.1 Å². The molecule has 4 nitrogen and oxygen atoms in total. The van der Waals surface area contributed by atoms with Crippen molar-refractivity contribution in [3.8, 4) is 0 Å². The van der Waals surface area contributed by atoms with E-state index in [1.807, 2.05) is 9.80 Å². The van der Waals surface area contributed by atoms with Crippen LogP contribution in [0.2, 0.25) is 0 Å². The van der Waals surface area contributed by atoms with Crippen LogP contribution in [0.1, 0.15) is 101 Å². The lowest BCUT2D eigenvalue weighted by atomic mass is 10.1. The van der Waals surface area contributed by atoms with E-state index < -0.39 is 0 Å². The maximum absolute atomic E-state index is 14.1. The molecule has 0 bridgehead atoms. The molecular weight excluding hydrogens is 738 g/mol. The molecule has 2 aliphatic heterocycles. The topological polar surface area (TPSA) is 40.6 Å². The van der Waals surface area contributed by atoms with E-state index in [1.165, 1.54) is 51.4 Å². The highest BCUT2D eigenvalue weighted by Gasteiger charge is 2.49. The molecule has 4 rings (SSSR count). The minimum atomic E-state index is 0.00386. The second-order valence-corrected chi connectivity index (χ2v) is 16.1. The molecule has 2 aromatic rings. The second kappa shape index (κ2) is 14.8. The Hall–Kier alpha value is -0.720. The minimum Gasteiger partial charge on any atom is -0.306 e. The van der Waals surface area contributed by atoms with E-state index in [1.54, 1.807) is 22.7 Å². The Morgan fingerprint density at radius 2 is 0.947 bits per heavy atom. The SMILES string of the molecule is CCCCCCCCN1C(=O)C2=C(c3ccc(I)s3)N(CCCCCCCC)C(=O)C2=C1c1ccc(I)s1. The van der Waals surface area contributed by atoms with Gasteiger partial charge < -0.3 is 9.80 Å². The van der Waals surface area contributed by atoms with Crippen molar-refractivity contribution in [3.05, 3.63) is 50.9 Å². The Balaban J connectivity index is 1.66. The predicted molar refractivity (Wildman–Crippen MR) is 178 cm³/mol. The number of amides is 2. The number of halogens is 2. The third-order valence-corrected chi connectivity index (χ3v) is 11.1. The Labute approximate surface area is 263 Å². The zero-order valence-corrected chi connectivity index (χ0v) is 28.4. The fraction of sp³-hybridized carbons (Fsp3) is 0.533. The van der Waals surface area contributed by atoms with Crippen molar-refractivity contribution in [2.24, 2.45) is 0 Å². The first-order valence-corrected chi connectivity index (χ1v) is 17.9. The van der Waals surface area contributed by atoms with E-state index in [0.717, 1.165) is 52.6 Å². The lowest BCUT2D eigenvalue weighted by Crippen LogP contribution is -2.30. The Kier molecular flexibility index (Phi) is 11.8. The molecule has 0 atom stereocenters. The van der Waals surface area contributed by atoms with Gasteiger partial charge in [0.1, 0.15) is 0 Å². The maximum atomic E-state index is 14.1. The molecule has 0 fully saturated rings. The molecule has 0 N–H and O–H groups in total. The van der Waals surface area contributed by atoms with Gasteiger partial charge in [-0.3, -0.25) is 9.59 Å². The van der Waals surface area contributed by atoms with Crippen molar-refractivity contribution in [3.63, 3.8) is 0 Å². The number of fused-ring (bicyclic) bond motifs is 1. The van der Waals surface area contributed by atoms with E-state index in [-0.39, 0.29) is 11.8 Å². The van der Waals surface area contributed by atoms with E-state index in [2.05, 4.69) is 83.3 Å². The van der Waals surface area contributed by atoms with E-state index in [4.69, 9.17) is 0 Å². The van der Waals surface area contributed by atoms with Crippen molar-refractivity contribution in [2.75, 3.05) is 13.1 Å². The predicted octanol–water partition coefficient (Wildman–Crippen LogP) is 9.55. The van der Waals surface area contributed by atoms with E-state index >= 15 is 0 Å². The summed E-state index contributed by atoms with van der Waals surface area (Å²) < 4.78 is 2.33. The van der Waals surface area contributed by atoms with Crippen LogP contribution in [0.25, 0.3) is 11.4 Å². The number of hydrogen-bond acceptors (Lipinski definition) is 4. The largest absolute Gasteiger partial charge is 0.306 e. The minimum absolute atomic E-state index is 0.00386. The van der Waals surface area contributed by atoms with Gasteiger partial charge in [0.25, 0.3) is 11.8 Å². The van der Waals surface area contributed by atoms with Gasteiger partial charge in [0.2, 0.25) is 0 Å². The average molecular weight is 777 g/mol. The van der Waals surface area contributed by atoms with Gasteiger partial charge in [-0.15, -0.1) is 22.7 Å². The summed E-state index contributed by atoms with van der Waals surface area (Å²) >= 11 is 7.99. The highest BCUT2D eigenvalue weighted by molar-refractivity contribution is 14.1. The fourth-order valence-electron chi connectivity index (χ4n) is 5.32. The number of hydrogen-bond donors (Lipinski definition) is 0. The van der Waals surface area contributed by atoms with Crippen LogP contribution < -0.4 is 0 Å². The van der Waals surface area contributed by atoms with Crippen LogP contribution >= 0.6 is 67.9 Å². The molecular formula is C30H38I2N2O2S2. The highest BCUT2D eigenvalue weighted by atomic mass is 127. The van der Waals surface area contributed by atoms with Crippen LogP contribution in [-0.2, 0) is 9.59 Å². The van der Waals surface area contributed by atoms with E-state index in [0.29, 0.717) is 24.2 Å². The molecule has 0 spiro atoms. The van der Waals surface area contributed by atoms with Crippen molar-refractivity contribution in [2.45, 2.75) is 90.9 Å². The van der Waals surface area contributed by atoms with Crippen LogP contribution in [0.5, 0.6) is 0 Å². The third-order valence-electron chi connectivity index (χ3n) is 7.27. The first-order valence-electron chi connectivity index (χ1n) is 14.1. The molecule has 2 aromatic heterocycles. The molecule has 8 heteroatoms.